The van der Waals surface area contributed by atoms with Gasteiger partial charge in [-0.1, -0.05) is 13.8 Å². The Hall–Kier alpha value is -0.680. The van der Waals surface area contributed by atoms with E-state index in [9.17, 15) is 0 Å². The van der Waals surface area contributed by atoms with Crippen LogP contribution in [0.25, 0.3) is 0 Å². The van der Waals surface area contributed by atoms with Crippen LogP contribution in [-0.2, 0) is 0 Å². The Balaban J connectivity index is 2.07. The van der Waals surface area contributed by atoms with Crippen LogP contribution in [0.4, 0.5) is 5.13 Å². The summed E-state index contributed by atoms with van der Waals surface area (Å²) < 4.78 is 4.44. The molecule has 0 unspecified atom stereocenters. The van der Waals surface area contributed by atoms with Crippen LogP contribution in [0.3, 0.4) is 0 Å². The Kier molecular flexibility index (Phi) is 4.34. The van der Waals surface area contributed by atoms with Crippen LogP contribution in [0.15, 0.2) is 0 Å². The highest BCUT2D eigenvalue weighted by Crippen LogP contribution is 2.31. The summed E-state index contributed by atoms with van der Waals surface area (Å²) in [6.07, 6.45) is 4.97. The molecule has 0 spiro atoms. The Bertz CT molecular complexity index is 346. The third-order valence-electron chi connectivity index (χ3n) is 3.31. The summed E-state index contributed by atoms with van der Waals surface area (Å²) in [6.45, 7) is 6.05. The second kappa shape index (κ2) is 5.78. The molecular formula is C12H22N4S. The van der Waals surface area contributed by atoms with Crippen LogP contribution < -0.4 is 10.6 Å². The van der Waals surface area contributed by atoms with Crippen molar-refractivity contribution >= 4 is 16.7 Å². The van der Waals surface area contributed by atoms with Crippen molar-refractivity contribution in [2.24, 2.45) is 5.73 Å². The van der Waals surface area contributed by atoms with Crippen molar-refractivity contribution < 1.29 is 0 Å². The minimum absolute atomic E-state index is 0.415. The fourth-order valence-corrected chi connectivity index (χ4v) is 2.88. The maximum Gasteiger partial charge on any atom is 0.205 e. The molecule has 0 atom stereocenters. The molecule has 0 aliphatic heterocycles. The van der Waals surface area contributed by atoms with Gasteiger partial charge < -0.3 is 10.6 Å². The molecule has 0 radical (unpaired) electrons. The lowest BCUT2D eigenvalue weighted by atomic mass is 9.92. The maximum absolute atomic E-state index is 5.61. The largest absolute Gasteiger partial charge is 0.344 e. The van der Waals surface area contributed by atoms with E-state index in [1.54, 1.807) is 0 Å². The molecule has 0 saturated heterocycles. The summed E-state index contributed by atoms with van der Waals surface area (Å²) in [6, 6.07) is 0.675. The lowest BCUT2D eigenvalue weighted by Crippen LogP contribution is -2.41. The normalized spacial score (nSPS) is 16.2. The van der Waals surface area contributed by atoms with Gasteiger partial charge in [-0.25, -0.2) is 4.98 Å². The highest BCUT2D eigenvalue weighted by atomic mass is 32.1. The average molecular weight is 254 g/mol. The molecule has 2 rings (SSSR count). The lowest BCUT2D eigenvalue weighted by Gasteiger charge is -2.37. The van der Waals surface area contributed by atoms with Crippen LogP contribution in [0.5, 0.6) is 0 Å². The highest BCUT2D eigenvalue weighted by molar-refractivity contribution is 7.09. The molecule has 5 heteroatoms. The second-order valence-corrected chi connectivity index (χ2v) is 5.74. The van der Waals surface area contributed by atoms with Gasteiger partial charge in [0, 0.05) is 30.0 Å². The molecule has 1 aliphatic rings. The minimum Gasteiger partial charge on any atom is -0.344 e. The van der Waals surface area contributed by atoms with E-state index in [0.717, 1.165) is 30.5 Å². The van der Waals surface area contributed by atoms with Gasteiger partial charge in [0.2, 0.25) is 5.13 Å². The number of hydrogen-bond donors (Lipinski definition) is 1. The van der Waals surface area contributed by atoms with Gasteiger partial charge in [-0.15, -0.1) is 0 Å². The zero-order chi connectivity index (χ0) is 12.3. The van der Waals surface area contributed by atoms with Crippen molar-refractivity contribution in [1.29, 1.82) is 0 Å². The van der Waals surface area contributed by atoms with E-state index in [1.807, 2.05) is 0 Å². The fourth-order valence-electron chi connectivity index (χ4n) is 1.97. The highest BCUT2D eigenvalue weighted by Gasteiger charge is 2.27. The van der Waals surface area contributed by atoms with Crippen LogP contribution in [0.2, 0.25) is 0 Å². The molecule has 96 valence electrons. The van der Waals surface area contributed by atoms with Crippen molar-refractivity contribution in [2.45, 2.75) is 51.5 Å². The first-order valence-electron chi connectivity index (χ1n) is 6.52. The molecular weight excluding hydrogens is 232 g/mol. The molecule has 1 saturated carbocycles. The van der Waals surface area contributed by atoms with Gasteiger partial charge in [0.25, 0.3) is 0 Å². The van der Waals surface area contributed by atoms with Gasteiger partial charge in [0.15, 0.2) is 0 Å². The summed E-state index contributed by atoms with van der Waals surface area (Å²) in [5.74, 6) is 1.39. The molecule has 1 aromatic heterocycles. The Morgan fingerprint density at radius 1 is 1.47 bits per heavy atom. The summed E-state index contributed by atoms with van der Waals surface area (Å²) in [4.78, 5) is 7.08. The summed E-state index contributed by atoms with van der Waals surface area (Å²) >= 11 is 1.54. The number of anilines is 1. The Morgan fingerprint density at radius 2 is 2.24 bits per heavy atom. The van der Waals surface area contributed by atoms with Crippen molar-refractivity contribution in [1.82, 2.24) is 9.36 Å². The smallest absolute Gasteiger partial charge is 0.205 e. The molecule has 0 amide bonds. The molecule has 1 heterocycles. The molecule has 4 nitrogen and oxygen atoms in total. The van der Waals surface area contributed by atoms with Gasteiger partial charge in [-0.2, -0.15) is 4.37 Å². The molecule has 1 fully saturated rings. The maximum atomic E-state index is 5.61. The van der Waals surface area contributed by atoms with Gasteiger partial charge in [0.05, 0.1) is 0 Å². The van der Waals surface area contributed by atoms with Crippen molar-refractivity contribution in [3.05, 3.63) is 5.82 Å². The van der Waals surface area contributed by atoms with Gasteiger partial charge in [-0.05, 0) is 32.2 Å². The molecule has 1 aliphatic carbocycles. The third-order valence-corrected chi connectivity index (χ3v) is 4.08. The molecule has 2 N–H and O–H groups in total. The summed E-state index contributed by atoms with van der Waals surface area (Å²) in [7, 11) is 0. The molecule has 0 aromatic carbocycles. The number of nitrogens with zero attached hydrogens (tertiary/aromatic N) is 3. The van der Waals surface area contributed by atoms with E-state index >= 15 is 0 Å². The molecule has 17 heavy (non-hydrogen) atoms. The zero-order valence-electron chi connectivity index (χ0n) is 10.7. The van der Waals surface area contributed by atoms with Crippen LogP contribution in [0.1, 0.15) is 51.3 Å². The van der Waals surface area contributed by atoms with Crippen molar-refractivity contribution in [3.8, 4) is 0 Å². The predicted octanol–water partition coefficient (Wildman–Crippen LogP) is 2.37. The molecule has 0 bridgehead atoms. The quantitative estimate of drug-likeness (QED) is 0.847. The first kappa shape index (κ1) is 12.8. The lowest BCUT2D eigenvalue weighted by molar-refractivity contribution is 0.384. The number of hydrogen-bond acceptors (Lipinski definition) is 5. The van der Waals surface area contributed by atoms with Gasteiger partial charge in [0.1, 0.15) is 5.82 Å². The first-order chi connectivity index (χ1) is 8.22. The van der Waals surface area contributed by atoms with E-state index in [-0.39, 0.29) is 0 Å². The topological polar surface area (TPSA) is 55.0 Å². The van der Waals surface area contributed by atoms with Crippen molar-refractivity contribution in [2.75, 3.05) is 18.0 Å². The summed E-state index contributed by atoms with van der Waals surface area (Å²) in [5.41, 5.74) is 5.61. The van der Waals surface area contributed by atoms with Crippen LogP contribution in [-0.4, -0.2) is 28.5 Å². The van der Waals surface area contributed by atoms with Crippen LogP contribution in [0, 0.1) is 0 Å². The van der Waals surface area contributed by atoms with E-state index in [2.05, 4.69) is 28.1 Å². The first-order valence-corrected chi connectivity index (χ1v) is 7.30. The number of nitrogens with two attached hydrogens (primary N) is 1. The Morgan fingerprint density at radius 3 is 2.71 bits per heavy atom. The average Bonchev–Trinajstić information content (AvgIpc) is 2.70. The fraction of sp³-hybridized carbons (Fsp3) is 0.833. The minimum atomic E-state index is 0.415. The standard InChI is InChI=1S/C12H22N4S/c1-9(2)11-14-12(17-15-11)16(8-4-7-13)10-5-3-6-10/h9-10H,3-8,13H2,1-2H3. The molecule has 1 aromatic rings. The number of aromatic nitrogens is 2. The summed E-state index contributed by atoms with van der Waals surface area (Å²) in [5, 5.41) is 1.09. The number of rotatable bonds is 6. The van der Waals surface area contributed by atoms with E-state index in [4.69, 9.17) is 5.73 Å². The Labute approximate surface area is 107 Å². The second-order valence-electron chi connectivity index (χ2n) is 5.01. The van der Waals surface area contributed by atoms with E-state index in [1.165, 1.54) is 30.8 Å². The zero-order valence-corrected chi connectivity index (χ0v) is 11.5. The van der Waals surface area contributed by atoms with E-state index < -0.39 is 0 Å². The van der Waals surface area contributed by atoms with Crippen molar-refractivity contribution in [3.63, 3.8) is 0 Å². The predicted molar refractivity (Wildman–Crippen MR) is 72.7 cm³/mol. The SMILES string of the molecule is CC(C)c1nsc(N(CCCN)C2CCC2)n1. The monoisotopic (exact) mass is 254 g/mol. The van der Waals surface area contributed by atoms with Gasteiger partial charge >= 0.3 is 0 Å². The van der Waals surface area contributed by atoms with Crippen LogP contribution >= 0.6 is 11.5 Å². The van der Waals surface area contributed by atoms with E-state index in [0.29, 0.717) is 12.0 Å². The van der Waals surface area contributed by atoms with Gasteiger partial charge in [-0.3, -0.25) is 0 Å². The third kappa shape index (κ3) is 2.96.